The molecule has 1 fully saturated rings. The molecular formula is C28H44NO7PS. The lowest BCUT2D eigenvalue weighted by atomic mass is 10.1. The Morgan fingerprint density at radius 1 is 1.13 bits per heavy atom. The van der Waals surface area contributed by atoms with Crippen molar-refractivity contribution in [2.75, 3.05) is 24.6 Å². The number of likely N-dealkylation sites (tertiary alicyclic amines) is 1. The average molecular weight is 570 g/mol. The molecule has 0 radical (unpaired) electrons. The molecule has 1 aromatic rings. The van der Waals surface area contributed by atoms with E-state index in [0.29, 0.717) is 19.4 Å². The van der Waals surface area contributed by atoms with Crippen LogP contribution < -0.4 is 0 Å². The standard InChI is InChI=1S/C28H44NO7PS/c1-5-7-17-38-23-18-24(27(32)33)29(19-23)25(30)20-37(34,36-28(21(3)4)35-26(31)6-2)16-12-11-15-22-13-9-8-10-14-22/h8-10,13-14,21,23-24,28H,5-7,11-12,15-20H2,1-4H3,(H,32,33)/t23-,24+,28-,37?/m1/s1. The Morgan fingerprint density at radius 3 is 2.45 bits per heavy atom. The summed E-state index contributed by atoms with van der Waals surface area (Å²) in [5, 5.41) is 9.82. The van der Waals surface area contributed by atoms with Crippen molar-refractivity contribution < 1.29 is 33.3 Å². The molecule has 10 heteroatoms. The van der Waals surface area contributed by atoms with Crippen molar-refractivity contribution in [1.82, 2.24) is 4.90 Å². The van der Waals surface area contributed by atoms with Gasteiger partial charge in [-0.2, -0.15) is 11.8 Å². The molecule has 2 rings (SSSR count). The number of ether oxygens (including phenoxy) is 1. The van der Waals surface area contributed by atoms with Crippen LogP contribution in [0.25, 0.3) is 0 Å². The summed E-state index contributed by atoms with van der Waals surface area (Å²) in [6.45, 7) is 7.69. The second-order valence-electron chi connectivity index (χ2n) is 10.2. The van der Waals surface area contributed by atoms with Gasteiger partial charge in [-0.05, 0) is 43.4 Å². The molecule has 1 unspecified atom stereocenters. The van der Waals surface area contributed by atoms with Crippen molar-refractivity contribution in [1.29, 1.82) is 0 Å². The molecule has 8 nitrogen and oxygen atoms in total. The summed E-state index contributed by atoms with van der Waals surface area (Å²) in [4.78, 5) is 38.7. The maximum Gasteiger partial charge on any atom is 0.326 e. The van der Waals surface area contributed by atoms with Gasteiger partial charge >= 0.3 is 11.9 Å². The molecule has 38 heavy (non-hydrogen) atoms. The first kappa shape index (κ1) is 32.4. The molecule has 0 bridgehead atoms. The quantitative estimate of drug-likeness (QED) is 0.108. The maximum absolute atomic E-state index is 14.1. The van der Waals surface area contributed by atoms with Crippen LogP contribution in [0, 0.1) is 5.92 Å². The van der Waals surface area contributed by atoms with E-state index < -0.39 is 43.7 Å². The number of rotatable bonds is 17. The highest BCUT2D eigenvalue weighted by Crippen LogP contribution is 2.50. The minimum atomic E-state index is -3.60. The second kappa shape index (κ2) is 16.3. The molecule has 0 spiro atoms. The fraction of sp³-hybridized carbons (Fsp3) is 0.679. The predicted molar refractivity (Wildman–Crippen MR) is 152 cm³/mol. The normalized spacial score (nSPS) is 19.8. The van der Waals surface area contributed by atoms with E-state index in [-0.39, 0.29) is 23.8 Å². The van der Waals surface area contributed by atoms with Crippen LogP contribution in [0.3, 0.4) is 0 Å². The molecule has 0 aromatic heterocycles. The van der Waals surface area contributed by atoms with Gasteiger partial charge in [-0.25, -0.2) is 4.79 Å². The monoisotopic (exact) mass is 569 g/mol. The molecule has 0 saturated carbocycles. The topological polar surface area (TPSA) is 110 Å². The number of thioether (sulfide) groups is 1. The highest BCUT2D eigenvalue weighted by Gasteiger charge is 2.42. The highest BCUT2D eigenvalue weighted by molar-refractivity contribution is 7.99. The zero-order chi connectivity index (χ0) is 28.1. The van der Waals surface area contributed by atoms with Crippen LogP contribution in [0.2, 0.25) is 0 Å². The van der Waals surface area contributed by atoms with E-state index in [1.54, 1.807) is 32.5 Å². The third kappa shape index (κ3) is 10.7. The zero-order valence-corrected chi connectivity index (χ0v) is 24.9. The van der Waals surface area contributed by atoms with Gasteiger partial charge < -0.3 is 14.7 Å². The van der Waals surface area contributed by atoms with Crippen molar-refractivity contribution in [3.8, 4) is 0 Å². The number of hydrogen-bond acceptors (Lipinski definition) is 7. The Morgan fingerprint density at radius 2 is 1.84 bits per heavy atom. The smallest absolute Gasteiger partial charge is 0.326 e. The molecule has 1 N–H and O–H groups in total. The SMILES string of the molecule is CCCCS[C@@H]1C[C@@H](C(=O)O)N(C(=O)CP(=O)(CCCCc2ccccc2)O[C@@H](OC(=O)CC)C(C)C)C1. The van der Waals surface area contributed by atoms with E-state index in [1.165, 1.54) is 10.5 Å². The lowest BCUT2D eigenvalue weighted by Gasteiger charge is -2.29. The summed E-state index contributed by atoms with van der Waals surface area (Å²) in [6, 6.07) is 9.03. The molecular weight excluding hydrogens is 525 g/mol. The van der Waals surface area contributed by atoms with Gasteiger partial charge in [-0.1, -0.05) is 64.4 Å². The molecule has 1 heterocycles. The molecule has 1 aliphatic heterocycles. The number of carbonyl (C=O) groups is 3. The lowest BCUT2D eigenvalue weighted by Crippen LogP contribution is -2.42. The van der Waals surface area contributed by atoms with Gasteiger partial charge in [0.2, 0.25) is 19.6 Å². The minimum Gasteiger partial charge on any atom is -0.480 e. The number of benzene rings is 1. The highest BCUT2D eigenvalue weighted by atomic mass is 32.2. The minimum absolute atomic E-state index is 0.0340. The summed E-state index contributed by atoms with van der Waals surface area (Å²) in [7, 11) is -3.60. The number of aliphatic carboxylic acids is 1. The first-order chi connectivity index (χ1) is 18.1. The molecule has 4 atom stereocenters. The molecule has 214 valence electrons. The Balaban J connectivity index is 2.15. The summed E-state index contributed by atoms with van der Waals surface area (Å²) in [6.07, 6.45) is 3.44. The first-order valence-corrected chi connectivity index (χ1v) is 16.8. The fourth-order valence-electron chi connectivity index (χ4n) is 4.30. The Bertz CT molecular complexity index is 942. The average Bonchev–Trinajstić information content (AvgIpc) is 3.32. The number of hydrogen-bond donors (Lipinski definition) is 1. The van der Waals surface area contributed by atoms with Gasteiger partial charge in [0, 0.05) is 30.3 Å². The molecule has 0 aliphatic carbocycles. The lowest BCUT2D eigenvalue weighted by molar-refractivity contribution is -0.169. The predicted octanol–water partition coefficient (Wildman–Crippen LogP) is 5.83. The van der Waals surface area contributed by atoms with Crippen LogP contribution in [0.4, 0.5) is 0 Å². The van der Waals surface area contributed by atoms with Gasteiger partial charge in [-0.3, -0.25) is 18.7 Å². The van der Waals surface area contributed by atoms with E-state index >= 15 is 0 Å². The van der Waals surface area contributed by atoms with Crippen molar-refractivity contribution >= 4 is 37.0 Å². The largest absolute Gasteiger partial charge is 0.480 e. The number of unbranched alkanes of at least 4 members (excludes halogenated alkanes) is 2. The number of carboxylic acids is 1. The Hall–Kier alpha value is -1.83. The number of esters is 1. The summed E-state index contributed by atoms with van der Waals surface area (Å²) in [5.74, 6) is -1.35. The maximum atomic E-state index is 14.1. The van der Waals surface area contributed by atoms with Crippen molar-refractivity contribution in [2.24, 2.45) is 5.92 Å². The van der Waals surface area contributed by atoms with E-state index in [0.717, 1.165) is 31.4 Å². The first-order valence-electron chi connectivity index (χ1n) is 13.7. The van der Waals surface area contributed by atoms with Crippen molar-refractivity contribution in [3.05, 3.63) is 35.9 Å². The molecule has 1 aromatic carbocycles. The van der Waals surface area contributed by atoms with Crippen LogP contribution >= 0.6 is 19.1 Å². The van der Waals surface area contributed by atoms with E-state index in [1.807, 2.05) is 30.3 Å². The number of carbonyl (C=O) groups excluding carboxylic acids is 2. The van der Waals surface area contributed by atoms with Crippen molar-refractivity contribution in [2.45, 2.75) is 90.2 Å². The van der Waals surface area contributed by atoms with Gasteiger partial charge in [0.1, 0.15) is 12.2 Å². The van der Waals surface area contributed by atoms with Crippen LogP contribution in [0.5, 0.6) is 0 Å². The van der Waals surface area contributed by atoms with Crippen molar-refractivity contribution in [3.63, 3.8) is 0 Å². The van der Waals surface area contributed by atoms with Gasteiger partial charge in [0.25, 0.3) is 0 Å². The summed E-state index contributed by atoms with van der Waals surface area (Å²) in [5.41, 5.74) is 1.17. The number of amides is 1. The molecule has 1 saturated heterocycles. The number of carboxylic acid groups (broad SMARTS) is 1. The van der Waals surface area contributed by atoms with Gasteiger partial charge in [0.05, 0.1) is 0 Å². The summed E-state index contributed by atoms with van der Waals surface area (Å²) < 4.78 is 25.5. The Kier molecular flexibility index (Phi) is 13.9. The van der Waals surface area contributed by atoms with E-state index in [9.17, 15) is 24.1 Å². The van der Waals surface area contributed by atoms with E-state index in [2.05, 4.69) is 6.92 Å². The third-order valence-electron chi connectivity index (χ3n) is 6.53. The zero-order valence-electron chi connectivity index (χ0n) is 23.2. The Labute approximate surface area is 231 Å². The van der Waals surface area contributed by atoms with Crippen LogP contribution in [-0.2, 0) is 34.6 Å². The molecule has 1 amide bonds. The number of aryl methyl sites for hydroxylation is 1. The third-order valence-corrected chi connectivity index (χ3v) is 10.2. The van der Waals surface area contributed by atoms with E-state index in [4.69, 9.17) is 9.26 Å². The fourth-order valence-corrected chi connectivity index (χ4v) is 7.97. The second-order valence-corrected chi connectivity index (χ2v) is 14.2. The summed E-state index contributed by atoms with van der Waals surface area (Å²) >= 11 is 1.69. The van der Waals surface area contributed by atoms with Crippen LogP contribution in [-0.4, -0.2) is 70.1 Å². The van der Waals surface area contributed by atoms with Crippen LogP contribution in [0.15, 0.2) is 30.3 Å². The van der Waals surface area contributed by atoms with Gasteiger partial charge in [-0.15, -0.1) is 0 Å². The molecule has 1 aliphatic rings. The number of nitrogens with zero attached hydrogens (tertiary/aromatic N) is 1. The van der Waals surface area contributed by atoms with Crippen LogP contribution in [0.1, 0.15) is 71.8 Å². The van der Waals surface area contributed by atoms with Gasteiger partial charge in [0.15, 0.2) is 0 Å².